The first-order valence-electron chi connectivity index (χ1n) is 7.34. The third kappa shape index (κ3) is 5.31. The Morgan fingerprint density at radius 2 is 2.00 bits per heavy atom. The van der Waals surface area contributed by atoms with Crippen LogP contribution in [0.5, 0.6) is 0 Å². The van der Waals surface area contributed by atoms with Gasteiger partial charge in [-0.1, -0.05) is 11.6 Å². The van der Waals surface area contributed by atoms with Gasteiger partial charge >= 0.3 is 0 Å². The van der Waals surface area contributed by atoms with E-state index in [0.29, 0.717) is 23.7 Å². The third-order valence-corrected chi connectivity index (χ3v) is 5.97. The molecule has 5 nitrogen and oxygen atoms in total. The lowest BCUT2D eigenvalue weighted by Gasteiger charge is -2.37. The number of benzene rings is 1. The zero-order chi connectivity index (χ0) is 16.2. The third-order valence-electron chi connectivity index (χ3n) is 4.18. The molecule has 1 heterocycles. The molecule has 0 spiro atoms. The Morgan fingerprint density at radius 1 is 1.35 bits per heavy atom. The second-order valence-electron chi connectivity index (χ2n) is 5.92. The van der Waals surface area contributed by atoms with Gasteiger partial charge in [0.1, 0.15) is 0 Å². The summed E-state index contributed by atoms with van der Waals surface area (Å²) in [7, 11) is -1.89. The summed E-state index contributed by atoms with van der Waals surface area (Å²) < 4.78 is 33.2. The zero-order valence-corrected chi connectivity index (χ0v) is 15.8. The van der Waals surface area contributed by atoms with Gasteiger partial charge in [0.25, 0.3) is 0 Å². The summed E-state index contributed by atoms with van der Waals surface area (Å²) in [6.07, 6.45) is 1.78. The molecule has 132 valence electrons. The highest BCUT2D eigenvalue weighted by Crippen LogP contribution is 2.29. The molecule has 2 rings (SSSR count). The van der Waals surface area contributed by atoms with Crippen LogP contribution < -0.4 is 10.0 Å². The van der Waals surface area contributed by atoms with Crippen LogP contribution in [0.4, 0.5) is 0 Å². The highest BCUT2D eigenvalue weighted by Gasteiger charge is 2.33. The van der Waals surface area contributed by atoms with Gasteiger partial charge in [-0.05, 0) is 56.6 Å². The minimum atomic E-state index is -3.55. The van der Waals surface area contributed by atoms with Gasteiger partial charge in [-0.15, -0.1) is 12.4 Å². The fourth-order valence-electron chi connectivity index (χ4n) is 2.88. The van der Waals surface area contributed by atoms with E-state index in [1.165, 1.54) is 0 Å². The van der Waals surface area contributed by atoms with E-state index in [1.54, 1.807) is 32.2 Å². The molecule has 0 saturated carbocycles. The Hall–Kier alpha value is -0.370. The van der Waals surface area contributed by atoms with Crippen molar-refractivity contribution in [1.29, 1.82) is 0 Å². The molecular weight excluding hydrogens is 359 g/mol. The first kappa shape index (κ1) is 20.7. The van der Waals surface area contributed by atoms with Crippen molar-refractivity contribution < 1.29 is 13.2 Å². The number of piperidine rings is 1. The van der Waals surface area contributed by atoms with Gasteiger partial charge in [0, 0.05) is 24.1 Å². The van der Waals surface area contributed by atoms with E-state index in [1.807, 2.05) is 0 Å². The molecule has 0 atom stereocenters. The van der Waals surface area contributed by atoms with Crippen LogP contribution in [-0.2, 0) is 14.8 Å². The van der Waals surface area contributed by atoms with Crippen molar-refractivity contribution in [3.8, 4) is 0 Å². The number of rotatable bonds is 6. The SMILES string of the molecule is COCC1(CNS(=O)(=O)c2ccc(Cl)cc2C)CCNCC1.Cl. The van der Waals surface area contributed by atoms with E-state index in [4.69, 9.17) is 16.3 Å². The Balaban J connectivity index is 0.00000264. The zero-order valence-electron chi connectivity index (χ0n) is 13.4. The highest BCUT2D eigenvalue weighted by atomic mass is 35.5. The van der Waals surface area contributed by atoms with Crippen LogP contribution in [0, 0.1) is 12.3 Å². The van der Waals surface area contributed by atoms with Gasteiger partial charge in [0.05, 0.1) is 11.5 Å². The molecule has 0 radical (unpaired) electrons. The normalized spacial score (nSPS) is 17.5. The summed E-state index contributed by atoms with van der Waals surface area (Å²) in [4.78, 5) is 0.276. The largest absolute Gasteiger partial charge is 0.384 e. The highest BCUT2D eigenvalue weighted by molar-refractivity contribution is 7.89. The van der Waals surface area contributed by atoms with E-state index in [2.05, 4.69) is 10.0 Å². The summed E-state index contributed by atoms with van der Waals surface area (Å²) in [5, 5.41) is 3.83. The lowest BCUT2D eigenvalue weighted by molar-refractivity contribution is 0.0577. The number of hydrogen-bond donors (Lipinski definition) is 2. The second kappa shape index (κ2) is 8.65. The Morgan fingerprint density at radius 3 is 2.57 bits per heavy atom. The molecule has 0 aliphatic carbocycles. The molecule has 1 fully saturated rings. The summed E-state index contributed by atoms with van der Waals surface area (Å²) in [6, 6.07) is 4.80. The maximum atomic E-state index is 12.5. The maximum absolute atomic E-state index is 12.5. The number of ether oxygens (including phenoxy) is 1. The average Bonchev–Trinajstić information content (AvgIpc) is 2.46. The number of nitrogens with one attached hydrogen (secondary N) is 2. The summed E-state index contributed by atoms with van der Waals surface area (Å²) in [6.45, 7) is 4.44. The van der Waals surface area contributed by atoms with E-state index >= 15 is 0 Å². The minimum Gasteiger partial charge on any atom is -0.384 e. The van der Waals surface area contributed by atoms with E-state index < -0.39 is 10.0 Å². The maximum Gasteiger partial charge on any atom is 0.240 e. The lowest BCUT2D eigenvalue weighted by Crippen LogP contribution is -2.47. The van der Waals surface area contributed by atoms with Crippen molar-refractivity contribution >= 4 is 34.0 Å². The summed E-state index contributed by atoms with van der Waals surface area (Å²) >= 11 is 5.89. The molecule has 0 unspecified atom stereocenters. The molecule has 1 aromatic rings. The molecule has 2 N–H and O–H groups in total. The van der Waals surface area contributed by atoms with Gasteiger partial charge in [-0.25, -0.2) is 13.1 Å². The fourth-order valence-corrected chi connectivity index (χ4v) is 4.48. The number of hydrogen-bond acceptors (Lipinski definition) is 4. The molecule has 23 heavy (non-hydrogen) atoms. The van der Waals surface area contributed by atoms with Crippen molar-refractivity contribution in [1.82, 2.24) is 10.0 Å². The Kier molecular flexibility index (Phi) is 7.77. The topological polar surface area (TPSA) is 67.4 Å². The quantitative estimate of drug-likeness (QED) is 0.792. The van der Waals surface area contributed by atoms with Gasteiger partial charge in [-0.3, -0.25) is 0 Å². The molecule has 1 aromatic carbocycles. The van der Waals surface area contributed by atoms with Crippen LogP contribution in [-0.4, -0.2) is 41.8 Å². The molecule has 0 bridgehead atoms. The van der Waals surface area contributed by atoms with Gasteiger partial charge in [0.15, 0.2) is 0 Å². The lowest BCUT2D eigenvalue weighted by atomic mass is 9.80. The van der Waals surface area contributed by atoms with Crippen LogP contribution in [0.15, 0.2) is 23.1 Å². The van der Waals surface area contributed by atoms with Crippen LogP contribution in [0.2, 0.25) is 5.02 Å². The van der Waals surface area contributed by atoms with Crippen LogP contribution in [0.25, 0.3) is 0 Å². The van der Waals surface area contributed by atoms with Crippen molar-refractivity contribution in [3.05, 3.63) is 28.8 Å². The number of sulfonamides is 1. The van der Waals surface area contributed by atoms with Crippen molar-refractivity contribution in [3.63, 3.8) is 0 Å². The van der Waals surface area contributed by atoms with Gasteiger partial charge < -0.3 is 10.1 Å². The molecule has 0 amide bonds. The molecule has 0 aromatic heterocycles. The fraction of sp³-hybridized carbons (Fsp3) is 0.600. The Bertz CT molecular complexity index is 612. The monoisotopic (exact) mass is 382 g/mol. The predicted octanol–water partition coefficient (Wildman–Crippen LogP) is 2.36. The van der Waals surface area contributed by atoms with Crippen molar-refractivity contribution in [2.45, 2.75) is 24.7 Å². The molecular formula is C15H24Cl2N2O3S. The minimum absolute atomic E-state index is 0. The summed E-state index contributed by atoms with van der Waals surface area (Å²) in [5.74, 6) is 0. The number of halogens is 2. The number of methoxy groups -OCH3 is 1. The van der Waals surface area contributed by atoms with Crippen LogP contribution >= 0.6 is 24.0 Å². The van der Waals surface area contributed by atoms with E-state index in [9.17, 15) is 8.42 Å². The smallest absolute Gasteiger partial charge is 0.240 e. The van der Waals surface area contributed by atoms with E-state index in [0.717, 1.165) is 25.9 Å². The first-order valence-corrected chi connectivity index (χ1v) is 9.20. The van der Waals surface area contributed by atoms with Crippen molar-refractivity contribution in [2.75, 3.05) is 33.4 Å². The number of aryl methyl sites for hydroxylation is 1. The molecule has 1 saturated heterocycles. The van der Waals surface area contributed by atoms with Gasteiger partial charge in [-0.2, -0.15) is 0 Å². The standard InChI is InChI=1S/C15H23ClN2O3S.ClH/c1-12-9-13(16)3-4-14(12)22(19,20)18-10-15(11-21-2)5-7-17-8-6-15;/h3-4,9,17-18H,5-8,10-11H2,1-2H3;1H. The molecule has 1 aliphatic rings. The summed E-state index contributed by atoms with van der Waals surface area (Å²) in [5.41, 5.74) is 0.499. The molecule has 1 aliphatic heterocycles. The van der Waals surface area contributed by atoms with E-state index in [-0.39, 0.29) is 22.7 Å². The average molecular weight is 383 g/mol. The van der Waals surface area contributed by atoms with Crippen LogP contribution in [0.1, 0.15) is 18.4 Å². The van der Waals surface area contributed by atoms with Crippen molar-refractivity contribution in [2.24, 2.45) is 5.41 Å². The van der Waals surface area contributed by atoms with Crippen LogP contribution in [0.3, 0.4) is 0 Å². The molecule has 8 heteroatoms. The Labute approximate surface area is 149 Å². The van der Waals surface area contributed by atoms with Gasteiger partial charge in [0.2, 0.25) is 10.0 Å². The second-order valence-corrected chi connectivity index (χ2v) is 8.09. The first-order chi connectivity index (χ1) is 10.4. The predicted molar refractivity (Wildman–Crippen MR) is 95.0 cm³/mol.